The fourth-order valence-corrected chi connectivity index (χ4v) is 1.92. The maximum absolute atomic E-state index is 11.8. The molecule has 0 aromatic rings. The van der Waals surface area contributed by atoms with E-state index in [0.29, 0.717) is 38.0 Å². The molecule has 104 valence electrons. The highest BCUT2D eigenvalue weighted by Gasteiger charge is 2.16. The number of methoxy groups -OCH3 is 1. The van der Waals surface area contributed by atoms with E-state index < -0.39 is 0 Å². The molecule has 0 radical (unpaired) electrons. The first-order valence-corrected chi connectivity index (χ1v) is 6.43. The zero-order valence-electron chi connectivity index (χ0n) is 10.9. The molecule has 0 aliphatic carbocycles. The van der Waals surface area contributed by atoms with Gasteiger partial charge in [-0.05, 0) is 19.1 Å². The average molecular weight is 275 g/mol. The fraction of sp³-hybridized carbons (Fsp3) is 0.818. The summed E-state index contributed by atoms with van der Waals surface area (Å²) in [5.41, 5.74) is 0. The van der Waals surface area contributed by atoms with Crippen LogP contribution in [0.15, 0.2) is 0 Å². The molecule has 0 saturated carbocycles. The molecule has 1 amide bonds. The van der Waals surface area contributed by atoms with Crippen LogP contribution in [0.4, 0.5) is 0 Å². The van der Waals surface area contributed by atoms with Gasteiger partial charge < -0.3 is 25.0 Å². The number of carbonyl (C=O) groups excluding carboxylic acids is 1. The Hall–Kier alpha value is -0.920. The summed E-state index contributed by atoms with van der Waals surface area (Å²) in [6, 6.07) is 0.119. The molecule has 2 N–H and O–H groups in total. The van der Waals surface area contributed by atoms with Gasteiger partial charge in [-0.25, -0.2) is 0 Å². The minimum Gasteiger partial charge on any atom is -0.383 e. The lowest BCUT2D eigenvalue weighted by Crippen LogP contribution is -2.49. The summed E-state index contributed by atoms with van der Waals surface area (Å²) in [4.78, 5) is 13.6. The summed E-state index contributed by atoms with van der Waals surface area (Å²) in [5, 5.41) is 6.41. The van der Waals surface area contributed by atoms with Crippen LogP contribution in [0.25, 0.3) is 0 Å². The van der Waals surface area contributed by atoms with Crippen molar-refractivity contribution in [1.29, 1.82) is 0 Å². The molecule has 1 aliphatic heterocycles. The number of hydrogen-bond donors (Lipinski definition) is 2. The minimum atomic E-state index is 0.0434. The third-order valence-electron chi connectivity index (χ3n) is 2.56. The molecule has 0 aromatic carbocycles. The van der Waals surface area contributed by atoms with Gasteiger partial charge in [0.25, 0.3) is 0 Å². The van der Waals surface area contributed by atoms with Gasteiger partial charge in [0.05, 0.1) is 26.4 Å². The molecule has 0 bridgehead atoms. The van der Waals surface area contributed by atoms with Crippen LogP contribution in [0.3, 0.4) is 0 Å². The van der Waals surface area contributed by atoms with Crippen LogP contribution < -0.4 is 10.6 Å². The third kappa shape index (κ3) is 5.61. The molecule has 1 atom stereocenters. The summed E-state index contributed by atoms with van der Waals surface area (Å²) in [6.45, 7) is 5.27. The summed E-state index contributed by atoms with van der Waals surface area (Å²) in [6.07, 6.45) is 0. The number of thiocarbonyl (C=S) groups is 1. The Morgan fingerprint density at radius 1 is 1.50 bits per heavy atom. The summed E-state index contributed by atoms with van der Waals surface area (Å²) < 4.78 is 10.2. The van der Waals surface area contributed by atoms with Crippen molar-refractivity contribution in [3.63, 3.8) is 0 Å². The SMILES string of the molecule is COCC(C)NC(=S)NCC(=O)N1CCOCC1. The topological polar surface area (TPSA) is 62.8 Å². The number of ether oxygens (including phenoxy) is 2. The second kappa shape index (κ2) is 8.23. The van der Waals surface area contributed by atoms with E-state index in [2.05, 4.69) is 10.6 Å². The first-order valence-electron chi connectivity index (χ1n) is 6.02. The van der Waals surface area contributed by atoms with Crippen LogP contribution in [0.2, 0.25) is 0 Å². The predicted molar refractivity (Wildman–Crippen MR) is 72.5 cm³/mol. The van der Waals surface area contributed by atoms with E-state index in [1.165, 1.54) is 0 Å². The molecule has 0 spiro atoms. The van der Waals surface area contributed by atoms with Crippen molar-refractivity contribution in [2.24, 2.45) is 0 Å². The molecular weight excluding hydrogens is 254 g/mol. The standard InChI is InChI=1S/C11H21N3O3S/c1-9(8-16-2)13-11(18)12-7-10(15)14-3-5-17-6-4-14/h9H,3-8H2,1-2H3,(H2,12,13,18). The number of nitrogens with one attached hydrogen (secondary N) is 2. The smallest absolute Gasteiger partial charge is 0.242 e. The van der Waals surface area contributed by atoms with E-state index in [0.717, 1.165) is 0 Å². The van der Waals surface area contributed by atoms with Gasteiger partial charge in [0.2, 0.25) is 5.91 Å². The molecule has 1 saturated heterocycles. The molecule has 6 nitrogen and oxygen atoms in total. The number of morpholine rings is 1. The Labute approximate surface area is 113 Å². The van der Waals surface area contributed by atoms with Gasteiger partial charge in [-0.1, -0.05) is 0 Å². The van der Waals surface area contributed by atoms with Crippen LogP contribution in [0.5, 0.6) is 0 Å². The lowest BCUT2D eigenvalue weighted by molar-refractivity contribution is -0.134. The molecule has 18 heavy (non-hydrogen) atoms. The van der Waals surface area contributed by atoms with Crippen molar-refractivity contribution < 1.29 is 14.3 Å². The van der Waals surface area contributed by atoms with E-state index in [1.807, 2.05) is 6.92 Å². The highest BCUT2D eigenvalue weighted by atomic mass is 32.1. The Kier molecular flexibility index (Phi) is 6.92. The van der Waals surface area contributed by atoms with Crippen LogP contribution >= 0.6 is 12.2 Å². The van der Waals surface area contributed by atoms with Crippen molar-refractivity contribution in [2.75, 3.05) is 46.6 Å². The molecular formula is C11H21N3O3S. The maximum atomic E-state index is 11.8. The lowest BCUT2D eigenvalue weighted by Gasteiger charge is -2.27. The molecule has 1 rings (SSSR count). The number of rotatable bonds is 5. The van der Waals surface area contributed by atoms with Gasteiger partial charge in [-0.3, -0.25) is 4.79 Å². The Bertz CT molecular complexity index is 283. The van der Waals surface area contributed by atoms with Gasteiger partial charge in [0.15, 0.2) is 5.11 Å². The molecule has 1 heterocycles. The quantitative estimate of drug-likeness (QED) is 0.650. The normalized spacial score (nSPS) is 17.1. The largest absolute Gasteiger partial charge is 0.383 e. The molecule has 0 aromatic heterocycles. The van der Waals surface area contributed by atoms with E-state index in [-0.39, 0.29) is 18.5 Å². The monoisotopic (exact) mass is 275 g/mol. The molecule has 7 heteroatoms. The highest BCUT2D eigenvalue weighted by Crippen LogP contribution is 1.96. The van der Waals surface area contributed by atoms with Gasteiger partial charge in [-0.2, -0.15) is 0 Å². The number of amides is 1. The molecule has 1 aliphatic rings. The zero-order valence-corrected chi connectivity index (χ0v) is 11.7. The van der Waals surface area contributed by atoms with Gasteiger partial charge in [-0.15, -0.1) is 0 Å². The van der Waals surface area contributed by atoms with Crippen LogP contribution in [0.1, 0.15) is 6.92 Å². The van der Waals surface area contributed by atoms with Gasteiger partial charge in [0, 0.05) is 26.2 Å². The summed E-state index contributed by atoms with van der Waals surface area (Å²) in [7, 11) is 1.64. The Morgan fingerprint density at radius 3 is 2.78 bits per heavy atom. The predicted octanol–water partition coefficient (Wildman–Crippen LogP) is -0.656. The van der Waals surface area contributed by atoms with E-state index in [4.69, 9.17) is 21.7 Å². The Balaban J connectivity index is 2.18. The van der Waals surface area contributed by atoms with Crippen molar-refractivity contribution >= 4 is 23.2 Å². The number of hydrogen-bond acceptors (Lipinski definition) is 4. The summed E-state index contributed by atoms with van der Waals surface area (Å²) >= 11 is 5.09. The van der Waals surface area contributed by atoms with Crippen molar-refractivity contribution in [3.8, 4) is 0 Å². The maximum Gasteiger partial charge on any atom is 0.242 e. The van der Waals surface area contributed by atoms with E-state index >= 15 is 0 Å². The highest BCUT2D eigenvalue weighted by molar-refractivity contribution is 7.80. The fourth-order valence-electron chi connectivity index (χ4n) is 1.65. The first kappa shape index (κ1) is 15.1. The van der Waals surface area contributed by atoms with Crippen LogP contribution in [-0.4, -0.2) is 68.5 Å². The molecule has 1 unspecified atom stereocenters. The first-order chi connectivity index (χ1) is 8.63. The second-order valence-corrected chi connectivity index (χ2v) is 4.58. The third-order valence-corrected chi connectivity index (χ3v) is 2.82. The van der Waals surface area contributed by atoms with Gasteiger partial charge >= 0.3 is 0 Å². The number of nitrogens with zero attached hydrogens (tertiary/aromatic N) is 1. The van der Waals surface area contributed by atoms with Crippen molar-refractivity contribution in [3.05, 3.63) is 0 Å². The number of carbonyl (C=O) groups is 1. The van der Waals surface area contributed by atoms with Gasteiger partial charge in [0.1, 0.15) is 0 Å². The van der Waals surface area contributed by atoms with Crippen LogP contribution in [-0.2, 0) is 14.3 Å². The van der Waals surface area contributed by atoms with Crippen LogP contribution in [0, 0.1) is 0 Å². The second-order valence-electron chi connectivity index (χ2n) is 4.18. The zero-order chi connectivity index (χ0) is 13.4. The lowest BCUT2D eigenvalue weighted by atomic mass is 10.4. The molecule has 1 fully saturated rings. The minimum absolute atomic E-state index is 0.0434. The van der Waals surface area contributed by atoms with Crippen molar-refractivity contribution in [1.82, 2.24) is 15.5 Å². The Morgan fingerprint density at radius 2 is 2.17 bits per heavy atom. The van der Waals surface area contributed by atoms with E-state index in [1.54, 1.807) is 12.0 Å². The van der Waals surface area contributed by atoms with E-state index in [9.17, 15) is 4.79 Å². The summed E-state index contributed by atoms with van der Waals surface area (Å²) in [5.74, 6) is 0.0434. The van der Waals surface area contributed by atoms with Crippen molar-refractivity contribution in [2.45, 2.75) is 13.0 Å². The average Bonchev–Trinajstić information content (AvgIpc) is 2.37.